The van der Waals surface area contributed by atoms with E-state index in [4.69, 9.17) is 0 Å². The number of nitrogens with one attached hydrogen (secondary N) is 1. The van der Waals surface area contributed by atoms with E-state index in [1.807, 2.05) is 13.0 Å². The molecular weight excluding hydrogens is 226 g/mol. The van der Waals surface area contributed by atoms with Crippen LogP contribution in [0, 0.1) is 6.92 Å². The maximum absolute atomic E-state index is 11.7. The zero-order valence-corrected chi connectivity index (χ0v) is 9.54. The lowest BCUT2D eigenvalue weighted by Crippen LogP contribution is -2.12. The van der Waals surface area contributed by atoms with E-state index in [-0.39, 0.29) is 18.7 Å². The summed E-state index contributed by atoms with van der Waals surface area (Å²) in [7, 11) is 0. The van der Waals surface area contributed by atoms with E-state index in [1.54, 1.807) is 12.3 Å². The fraction of sp³-hybridized carbons (Fsp3) is 0.333. The second-order valence-corrected chi connectivity index (χ2v) is 3.65. The maximum atomic E-state index is 11.7. The molecule has 0 aliphatic rings. The van der Waals surface area contributed by atoms with Gasteiger partial charge in [0.2, 0.25) is 5.91 Å². The van der Waals surface area contributed by atoms with Crippen LogP contribution < -0.4 is 5.32 Å². The van der Waals surface area contributed by atoms with Crippen molar-refractivity contribution >= 4 is 11.7 Å². The van der Waals surface area contributed by atoms with Crippen LogP contribution >= 0.6 is 0 Å². The van der Waals surface area contributed by atoms with Gasteiger partial charge in [0, 0.05) is 12.6 Å². The monoisotopic (exact) mass is 240 g/mol. The Morgan fingerprint density at radius 1 is 1.53 bits per heavy atom. The number of rotatable bonds is 5. The molecule has 1 N–H and O–H groups in total. The molecule has 92 valence electrons. The number of aromatic nitrogens is 1. The molecular formula is C12H14F2N2O. The summed E-state index contributed by atoms with van der Waals surface area (Å²) in [5.74, 6) is 0.276. The lowest BCUT2D eigenvalue weighted by atomic mass is 10.2. The van der Waals surface area contributed by atoms with E-state index in [2.05, 4.69) is 10.3 Å². The van der Waals surface area contributed by atoms with E-state index < -0.39 is 6.08 Å². The van der Waals surface area contributed by atoms with Crippen molar-refractivity contribution in [1.29, 1.82) is 0 Å². The van der Waals surface area contributed by atoms with Gasteiger partial charge in [-0.25, -0.2) is 4.98 Å². The first-order chi connectivity index (χ1) is 8.08. The number of hydrogen-bond acceptors (Lipinski definition) is 2. The summed E-state index contributed by atoms with van der Waals surface area (Å²) in [4.78, 5) is 15.4. The highest BCUT2D eigenvalue weighted by atomic mass is 19.3. The third-order valence-corrected chi connectivity index (χ3v) is 2.09. The summed E-state index contributed by atoms with van der Waals surface area (Å²) in [6.07, 6.45) is 1.53. The van der Waals surface area contributed by atoms with Crippen molar-refractivity contribution in [3.05, 3.63) is 36.0 Å². The number of carbonyl (C=O) groups excluding carboxylic acids is 1. The molecule has 5 heteroatoms. The molecule has 0 unspecified atom stereocenters. The van der Waals surface area contributed by atoms with Crippen LogP contribution in [0.1, 0.15) is 24.8 Å². The molecule has 1 rings (SSSR count). The van der Waals surface area contributed by atoms with E-state index in [1.165, 1.54) is 0 Å². The quantitative estimate of drug-likeness (QED) is 0.802. The van der Waals surface area contributed by atoms with Crippen LogP contribution in [0.25, 0.3) is 0 Å². The Labute approximate surface area is 98.6 Å². The van der Waals surface area contributed by atoms with Gasteiger partial charge in [-0.2, -0.15) is 8.78 Å². The number of amides is 1. The van der Waals surface area contributed by atoms with Crippen LogP contribution in [-0.2, 0) is 4.79 Å². The molecule has 1 aromatic heterocycles. The van der Waals surface area contributed by atoms with Crippen molar-refractivity contribution in [2.24, 2.45) is 0 Å². The molecule has 0 aliphatic heterocycles. The average molecular weight is 240 g/mol. The molecule has 0 radical (unpaired) electrons. The standard InChI is InChI=1S/C12H14F2N2O/c1-9-6-7-15-11(8-9)16-12(17)5-3-2-4-10(13)14/h4,6-8H,2-3,5H2,1H3,(H,15,16,17). The number of pyridine rings is 1. The number of allylic oxidation sites excluding steroid dienone is 1. The maximum Gasteiger partial charge on any atom is 0.266 e. The minimum Gasteiger partial charge on any atom is -0.311 e. The molecule has 0 aliphatic carbocycles. The Bertz CT molecular complexity index is 415. The van der Waals surface area contributed by atoms with Crippen LogP contribution in [0.5, 0.6) is 0 Å². The number of halogens is 2. The summed E-state index contributed by atoms with van der Waals surface area (Å²) >= 11 is 0. The number of aryl methyl sites for hydroxylation is 1. The zero-order chi connectivity index (χ0) is 12.7. The van der Waals surface area contributed by atoms with Gasteiger partial charge in [0.1, 0.15) is 5.82 Å². The lowest BCUT2D eigenvalue weighted by Gasteiger charge is -2.03. The Balaban J connectivity index is 2.32. The van der Waals surface area contributed by atoms with Crippen molar-refractivity contribution in [2.45, 2.75) is 26.2 Å². The summed E-state index contributed by atoms with van der Waals surface area (Å²) < 4.78 is 23.4. The van der Waals surface area contributed by atoms with Gasteiger partial charge in [-0.3, -0.25) is 4.79 Å². The van der Waals surface area contributed by atoms with Gasteiger partial charge in [-0.05, 0) is 43.5 Å². The van der Waals surface area contributed by atoms with Crippen LogP contribution in [0.4, 0.5) is 14.6 Å². The molecule has 0 fully saturated rings. The number of anilines is 1. The molecule has 3 nitrogen and oxygen atoms in total. The van der Waals surface area contributed by atoms with Gasteiger partial charge < -0.3 is 5.32 Å². The van der Waals surface area contributed by atoms with Gasteiger partial charge in [-0.1, -0.05) is 0 Å². The summed E-state index contributed by atoms with van der Waals surface area (Å²) in [6.45, 7) is 1.89. The Hall–Kier alpha value is -1.78. The van der Waals surface area contributed by atoms with Crippen LogP contribution in [-0.4, -0.2) is 10.9 Å². The van der Waals surface area contributed by atoms with Gasteiger partial charge in [-0.15, -0.1) is 0 Å². The first kappa shape index (κ1) is 13.3. The highest BCUT2D eigenvalue weighted by Gasteiger charge is 2.02. The number of carbonyl (C=O) groups is 1. The summed E-state index contributed by atoms with van der Waals surface area (Å²) in [6, 6.07) is 3.57. The van der Waals surface area contributed by atoms with Crippen molar-refractivity contribution in [1.82, 2.24) is 4.98 Å². The second kappa shape index (κ2) is 6.73. The molecule has 0 atom stereocenters. The number of nitrogens with zero attached hydrogens (tertiary/aromatic N) is 1. The van der Waals surface area contributed by atoms with Crippen molar-refractivity contribution < 1.29 is 13.6 Å². The summed E-state index contributed by atoms with van der Waals surface area (Å²) in [5.41, 5.74) is 0.998. The molecule has 0 aromatic carbocycles. The average Bonchev–Trinajstić information content (AvgIpc) is 2.24. The van der Waals surface area contributed by atoms with Gasteiger partial charge in [0.05, 0.1) is 0 Å². The molecule has 0 bridgehead atoms. The first-order valence-electron chi connectivity index (χ1n) is 5.31. The Kier molecular flexibility index (Phi) is 5.26. The highest BCUT2D eigenvalue weighted by Crippen LogP contribution is 2.08. The topological polar surface area (TPSA) is 42.0 Å². The predicted octanol–water partition coefficient (Wildman–Crippen LogP) is 3.28. The van der Waals surface area contributed by atoms with E-state index >= 15 is 0 Å². The molecule has 0 saturated carbocycles. The molecule has 1 amide bonds. The fourth-order valence-corrected chi connectivity index (χ4v) is 1.28. The molecule has 1 aromatic rings. The van der Waals surface area contributed by atoms with Gasteiger partial charge in [0.15, 0.2) is 0 Å². The van der Waals surface area contributed by atoms with Crippen LogP contribution in [0.15, 0.2) is 30.5 Å². The largest absolute Gasteiger partial charge is 0.311 e. The molecule has 1 heterocycles. The van der Waals surface area contributed by atoms with E-state index in [0.29, 0.717) is 12.2 Å². The second-order valence-electron chi connectivity index (χ2n) is 3.65. The summed E-state index contributed by atoms with van der Waals surface area (Å²) in [5, 5.41) is 2.61. The van der Waals surface area contributed by atoms with Crippen molar-refractivity contribution in [3.63, 3.8) is 0 Å². The van der Waals surface area contributed by atoms with Gasteiger partial charge in [0.25, 0.3) is 6.08 Å². The van der Waals surface area contributed by atoms with Crippen molar-refractivity contribution in [2.75, 3.05) is 5.32 Å². The molecule has 0 spiro atoms. The van der Waals surface area contributed by atoms with Crippen molar-refractivity contribution in [3.8, 4) is 0 Å². The fourth-order valence-electron chi connectivity index (χ4n) is 1.28. The molecule has 17 heavy (non-hydrogen) atoms. The zero-order valence-electron chi connectivity index (χ0n) is 9.54. The third-order valence-electron chi connectivity index (χ3n) is 2.09. The van der Waals surface area contributed by atoms with E-state index in [0.717, 1.165) is 11.6 Å². The molecule has 0 saturated heterocycles. The van der Waals surface area contributed by atoms with Gasteiger partial charge >= 0.3 is 0 Å². The lowest BCUT2D eigenvalue weighted by molar-refractivity contribution is -0.116. The van der Waals surface area contributed by atoms with E-state index in [9.17, 15) is 13.6 Å². The first-order valence-corrected chi connectivity index (χ1v) is 5.31. The Morgan fingerprint density at radius 3 is 2.94 bits per heavy atom. The SMILES string of the molecule is Cc1ccnc(NC(=O)CCCC=C(F)F)c1. The smallest absolute Gasteiger partial charge is 0.266 e. The third kappa shape index (κ3) is 5.75. The normalized spacial score (nSPS) is 9.82. The van der Waals surface area contributed by atoms with Crippen LogP contribution in [0.3, 0.4) is 0 Å². The Morgan fingerprint density at radius 2 is 2.29 bits per heavy atom. The number of unbranched alkanes of at least 4 members (excludes halogenated alkanes) is 1. The minimum absolute atomic E-state index is 0.205. The minimum atomic E-state index is -1.70. The highest BCUT2D eigenvalue weighted by molar-refractivity contribution is 5.89. The number of hydrogen-bond donors (Lipinski definition) is 1. The van der Waals surface area contributed by atoms with Crippen LogP contribution in [0.2, 0.25) is 0 Å². The predicted molar refractivity (Wildman–Crippen MR) is 61.8 cm³/mol.